The summed E-state index contributed by atoms with van der Waals surface area (Å²) < 4.78 is 28.6. The fourth-order valence-corrected chi connectivity index (χ4v) is 6.46. The number of nitrogens with one attached hydrogen (secondary N) is 2. The van der Waals surface area contributed by atoms with Crippen molar-refractivity contribution in [3.05, 3.63) is 82.8 Å². The maximum Gasteiger partial charge on any atom is 0.260 e. The molecule has 1 saturated carbocycles. The van der Waals surface area contributed by atoms with Gasteiger partial charge in [-0.1, -0.05) is 18.7 Å². The Bertz CT molecular complexity index is 1760. The molecule has 11 heteroatoms. The van der Waals surface area contributed by atoms with Crippen molar-refractivity contribution in [1.82, 2.24) is 28.8 Å². The van der Waals surface area contributed by atoms with Gasteiger partial charge in [-0.05, 0) is 87.2 Å². The van der Waals surface area contributed by atoms with Crippen LogP contribution in [-0.4, -0.2) is 50.2 Å². The molecule has 1 aliphatic carbocycles. The first-order chi connectivity index (χ1) is 19.7. The number of pyridine rings is 1. The molecule has 2 N–H and O–H groups in total. The largest absolute Gasteiger partial charge is 0.324 e. The minimum Gasteiger partial charge on any atom is -0.324 e. The molecule has 4 aromatic rings. The number of nitrogens with zero attached hydrogens (tertiary/aromatic N) is 5. The standard InChI is InChI=1S/C30H35N7O3S/c1-19(2)41(39,40)37-14-13-32-27(37)18-36-28-24(15-26(29(36)38)20(3)21-6-7-21)17-33-30(35-28)34-25-10-8-22(9-11-25)23-5-4-12-31-16-23/h8-11,13-15,17,19,21,23,31H,3-7,12,16,18H2,1-2H3,(H,33,34,35). The molecule has 41 heavy (non-hydrogen) atoms. The third-order valence-corrected chi connectivity index (χ3v) is 10.1. The zero-order chi connectivity index (χ0) is 28.7. The van der Waals surface area contributed by atoms with Crippen LogP contribution in [0.1, 0.15) is 62.4 Å². The van der Waals surface area contributed by atoms with Gasteiger partial charge in [0.1, 0.15) is 11.5 Å². The molecule has 6 rings (SSSR count). The van der Waals surface area contributed by atoms with Crippen molar-refractivity contribution < 1.29 is 8.42 Å². The number of aromatic nitrogens is 5. The van der Waals surface area contributed by atoms with E-state index in [1.807, 2.05) is 12.1 Å². The molecule has 0 spiro atoms. The van der Waals surface area contributed by atoms with E-state index < -0.39 is 15.3 Å². The number of rotatable bonds is 9. The second kappa shape index (κ2) is 10.9. The Kier molecular flexibility index (Phi) is 7.25. The lowest BCUT2D eigenvalue weighted by Gasteiger charge is -2.23. The summed E-state index contributed by atoms with van der Waals surface area (Å²) in [6.07, 6.45) is 8.90. The molecule has 0 radical (unpaired) electrons. The molecule has 10 nitrogen and oxygen atoms in total. The van der Waals surface area contributed by atoms with Crippen LogP contribution in [0, 0.1) is 5.92 Å². The molecule has 0 bridgehead atoms. The molecular formula is C30H35N7O3S. The van der Waals surface area contributed by atoms with Gasteiger partial charge in [-0.25, -0.2) is 22.4 Å². The summed E-state index contributed by atoms with van der Waals surface area (Å²) in [5.74, 6) is 1.36. The first-order valence-corrected chi connectivity index (χ1v) is 15.7. The summed E-state index contributed by atoms with van der Waals surface area (Å²) in [6, 6.07) is 10.1. The van der Waals surface area contributed by atoms with Gasteiger partial charge >= 0.3 is 0 Å². The highest BCUT2D eigenvalue weighted by Gasteiger charge is 2.29. The van der Waals surface area contributed by atoms with Crippen molar-refractivity contribution >= 4 is 38.3 Å². The highest BCUT2D eigenvalue weighted by molar-refractivity contribution is 7.90. The summed E-state index contributed by atoms with van der Waals surface area (Å²) >= 11 is 0. The topological polar surface area (TPSA) is 124 Å². The lowest BCUT2D eigenvalue weighted by molar-refractivity contribution is 0.461. The van der Waals surface area contributed by atoms with E-state index in [2.05, 4.69) is 39.3 Å². The van der Waals surface area contributed by atoms with Gasteiger partial charge in [0.05, 0.1) is 11.8 Å². The van der Waals surface area contributed by atoms with E-state index in [4.69, 9.17) is 4.98 Å². The fraction of sp³-hybridized carbons (Fsp3) is 0.400. The molecule has 1 saturated heterocycles. The smallest absolute Gasteiger partial charge is 0.260 e. The predicted molar refractivity (Wildman–Crippen MR) is 161 cm³/mol. The highest BCUT2D eigenvalue weighted by Crippen LogP contribution is 2.40. The average molecular weight is 574 g/mol. The highest BCUT2D eigenvalue weighted by atomic mass is 32.2. The Morgan fingerprint density at radius 2 is 1.95 bits per heavy atom. The number of hydrogen-bond acceptors (Lipinski definition) is 8. The van der Waals surface area contributed by atoms with Crippen LogP contribution < -0.4 is 16.2 Å². The number of fused-ring (bicyclic) bond motifs is 1. The van der Waals surface area contributed by atoms with Gasteiger partial charge in [0.2, 0.25) is 16.0 Å². The Labute approximate surface area is 239 Å². The Hall–Kier alpha value is -3.83. The van der Waals surface area contributed by atoms with Crippen LogP contribution in [0.15, 0.2) is 60.3 Å². The molecule has 4 heterocycles. The SMILES string of the molecule is C=C(c1cc2cnc(Nc3ccc(C4CCCNC4)cc3)nc2n(Cc2nccn2S(=O)(=O)C(C)C)c1=O)C1CC1. The second-order valence-electron chi connectivity index (χ2n) is 11.2. The maximum atomic E-state index is 13.9. The molecule has 1 aliphatic heterocycles. The van der Waals surface area contributed by atoms with Crippen LogP contribution in [0.4, 0.5) is 11.6 Å². The lowest BCUT2D eigenvalue weighted by atomic mass is 9.92. The molecule has 2 aliphatic rings. The Morgan fingerprint density at radius 3 is 2.63 bits per heavy atom. The number of piperidine rings is 1. The van der Waals surface area contributed by atoms with Crippen LogP contribution in [0.5, 0.6) is 0 Å². The van der Waals surface area contributed by atoms with Crippen LogP contribution in [0.3, 0.4) is 0 Å². The van der Waals surface area contributed by atoms with Crippen molar-refractivity contribution in [1.29, 1.82) is 0 Å². The molecule has 1 unspecified atom stereocenters. The van der Waals surface area contributed by atoms with Crippen molar-refractivity contribution in [2.75, 3.05) is 18.4 Å². The molecule has 1 aromatic carbocycles. The number of hydrogen-bond donors (Lipinski definition) is 2. The normalized spacial score (nSPS) is 17.7. The minimum atomic E-state index is -3.67. The van der Waals surface area contributed by atoms with Gasteiger partial charge in [0.25, 0.3) is 5.56 Å². The zero-order valence-corrected chi connectivity index (χ0v) is 24.2. The predicted octanol–water partition coefficient (Wildman–Crippen LogP) is 4.26. The fourth-order valence-electron chi connectivity index (χ4n) is 5.39. The first-order valence-electron chi connectivity index (χ1n) is 14.2. The van der Waals surface area contributed by atoms with Crippen molar-refractivity contribution in [2.45, 2.75) is 57.2 Å². The van der Waals surface area contributed by atoms with Crippen LogP contribution >= 0.6 is 0 Å². The molecule has 0 amide bonds. The quantitative estimate of drug-likeness (QED) is 0.305. The Morgan fingerprint density at radius 1 is 1.17 bits per heavy atom. The third-order valence-electron chi connectivity index (χ3n) is 8.03. The summed E-state index contributed by atoms with van der Waals surface area (Å²) in [5.41, 5.74) is 3.54. The first kappa shape index (κ1) is 27.3. The third kappa shape index (κ3) is 5.43. The zero-order valence-electron chi connectivity index (χ0n) is 23.4. The summed E-state index contributed by atoms with van der Waals surface area (Å²) in [4.78, 5) is 27.4. The Balaban J connectivity index is 1.38. The van der Waals surface area contributed by atoms with Gasteiger partial charge in [0.15, 0.2) is 0 Å². The lowest BCUT2D eigenvalue weighted by Crippen LogP contribution is -2.29. The molecule has 3 aromatic heterocycles. The van der Waals surface area contributed by atoms with E-state index in [1.54, 1.807) is 26.1 Å². The van der Waals surface area contributed by atoms with Gasteiger partial charge < -0.3 is 10.6 Å². The number of allylic oxidation sites excluding steroid dienone is 1. The van der Waals surface area contributed by atoms with Crippen molar-refractivity contribution in [2.24, 2.45) is 5.92 Å². The van der Waals surface area contributed by atoms with E-state index in [0.29, 0.717) is 28.5 Å². The van der Waals surface area contributed by atoms with E-state index in [-0.39, 0.29) is 23.8 Å². The molecular weight excluding hydrogens is 538 g/mol. The van der Waals surface area contributed by atoms with Crippen LogP contribution in [0.25, 0.3) is 16.6 Å². The molecule has 214 valence electrons. The van der Waals surface area contributed by atoms with Gasteiger partial charge in [-0.15, -0.1) is 0 Å². The second-order valence-corrected chi connectivity index (χ2v) is 13.6. The van der Waals surface area contributed by atoms with Gasteiger partial charge in [-0.2, -0.15) is 4.98 Å². The van der Waals surface area contributed by atoms with Gasteiger partial charge in [-0.3, -0.25) is 9.36 Å². The number of imidazole rings is 1. The van der Waals surface area contributed by atoms with Crippen LogP contribution in [-0.2, 0) is 16.6 Å². The van der Waals surface area contributed by atoms with Gasteiger partial charge in [0, 0.05) is 41.8 Å². The van der Waals surface area contributed by atoms with Crippen molar-refractivity contribution in [3.8, 4) is 0 Å². The van der Waals surface area contributed by atoms with E-state index in [9.17, 15) is 13.2 Å². The minimum absolute atomic E-state index is 0.0688. The summed E-state index contributed by atoms with van der Waals surface area (Å²) in [5, 5.41) is 6.73. The molecule has 2 fully saturated rings. The van der Waals surface area contributed by atoms with E-state index >= 15 is 0 Å². The summed E-state index contributed by atoms with van der Waals surface area (Å²) in [6.45, 7) is 9.43. The number of benzene rings is 1. The van der Waals surface area contributed by atoms with E-state index in [0.717, 1.165) is 41.2 Å². The van der Waals surface area contributed by atoms with Crippen molar-refractivity contribution in [3.63, 3.8) is 0 Å². The number of anilines is 2. The monoisotopic (exact) mass is 573 g/mol. The average Bonchev–Trinajstić information content (AvgIpc) is 3.72. The van der Waals surface area contributed by atoms with Crippen LogP contribution in [0.2, 0.25) is 0 Å². The summed E-state index contributed by atoms with van der Waals surface area (Å²) in [7, 11) is -3.67. The maximum absolute atomic E-state index is 13.9. The molecule has 1 atom stereocenters. The van der Waals surface area contributed by atoms with E-state index in [1.165, 1.54) is 35.4 Å².